The predicted molar refractivity (Wildman–Crippen MR) is 253 cm³/mol. The van der Waals surface area contributed by atoms with Crippen LogP contribution in [0.5, 0.6) is 0 Å². The van der Waals surface area contributed by atoms with Crippen LogP contribution in [0.3, 0.4) is 0 Å². The highest BCUT2D eigenvalue weighted by atomic mass is 16.3. The Kier molecular flexibility index (Phi) is 8.87. The van der Waals surface area contributed by atoms with E-state index in [1.807, 2.05) is 6.07 Å². The first-order valence-corrected chi connectivity index (χ1v) is 20.5. The van der Waals surface area contributed by atoms with Crippen LogP contribution >= 0.6 is 0 Å². The molecule has 0 aliphatic carbocycles. The Morgan fingerprint density at radius 1 is 0.283 bits per heavy atom. The third-order valence-corrected chi connectivity index (χ3v) is 11.6. The van der Waals surface area contributed by atoms with Crippen molar-refractivity contribution in [1.82, 2.24) is 0 Å². The normalized spacial score (nSPS) is 11.3. The fourth-order valence-electron chi connectivity index (χ4n) is 8.70. The number of nitrogens with zero attached hydrogens (tertiary/aromatic N) is 1. The lowest BCUT2D eigenvalue weighted by molar-refractivity contribution is 0.669. The van der Waals surface area contributed by atoms with E-state index in [0.717, 1.165) is 55.7 Å². The maximum absolute atomic E-state index is 6.68. The fraction of sp³-hybridized carbons (Fsp3) is 0. The topological polar surface area (TPSA) is 16.4 Å². The number of furan rings is 1. The minimum Gasteiger partial charge on any atom is -0.454 e. The van der Waals surface area contributed by atoms with E-state index < -0.39 is 0 Å². The van der Waals surface area contributed by atoms with Crippen molar-refractivity contribution in [2.45, 2.75) is 0 Å². The van der Waals surface area contributed by atoms with Crippen molar-refractivity contribution in [2.24, 2.45) is 0 Å². The van der Waals surface area contributed by atoms with Crippen LogP contribution in [0.4, 0.5) is 17.1 Å². The molecule has 0 unspecified atom stereocenters. The molecule has 0 bridgehead atoms. The Hall–Kier alpha value is -7.94. The highest BCUT2D eigenvalue weighted by Gasteiger charge is 2.20. The summed E-state index contributed by atoms with van der Waals surface area (Å²) in [5.74, 6) is 0. The number of rotatable bonds is 8. The summed E-state index contributed by atoms with van der Waals surface area (Å²) in [6.45, 7) is 0. The standard InChI is InChI=1S/C58H39NO/c1-3-15-40(16-4-1)47-36-48(41-17-5-2-6-18-41)38-49(37-47)42-31-33-50(34-32-42)59(56-29-14-28-55-54-26-9-10-30-57(54)60-58(55)56)51-24-12-22-45(39-51)44-21-11-23-46(35-44)53-27-13-20-43-19-7-8-25-52(43)53/h1-39H. The molecule has 10 aromatic carbocycles. The molecule has 0 N–H and O–H groups in total. The van der Waals surface area contributed by atoms with Gasteiger partial charge >= 0.3 is 0 Å². The van der Waals surface area contributed by atoms with Crippen LogP contribution in [0, 0.1) is 0 Å². The zero-order valence-corrected chi connectivity index (χ0v) is 32.9. The smallest absolute Gasteiger partial charge is 0.159 e. The lowest BCUT2D eigenvalue weighted by Gasteiger charge is -2.26. The van der Waals surface area contributed by atoms with Gasteiger partial charge in [0.1, 0.15) is 5.58 Å². The summed E-state index contributed by atoms with van der Waals surface area (Å²) in [4.78, 5) is 2.34. The van der Waals surface area contributed by atoms with Gasteiger partial charge in [0.05, 0.1) is 5.69 Å². The van der Waals surface area contributed by atoms with Crippen molar-refractivity contribution < 1.29 is 4.42 Å². The van der Waals surface area contributed by atoms with Gasteiger partial charge in [-0.05, 0) is 127 Å². The molecule has 1 heterocycles. The molecular weight excluding hydrogens is 727 g/mol. The predicted octanol–water partition coefficient (Wildman–Crippen LogP) is 16.5. The lowest BCUT2D eigenvalue weighted by atomic mass is 9.93. The second-order valence-electron chi connectivity index (χ2n) is 15.3. The van der Waals surface area contributed by atoms with Gasteiger partial charge in [0.15, 0.2) is 5.58 Å². The number of para-hydroxylation sites is 2. The molecule has 11 aromatic rings. The number of benzene rings is 10. The van der Waals surface area contributed by atoms with Gasteiger partial charge in [0.2, 0.25) is 0 Å². The molecule has 0 amide bonds. The molecule has 0 saturated heterocycles. The quantitative estimate of drug-likeness (QED) is 0.153. The number of fused-ring (bicyclic) bond motifs is 4. The first-order chi connectivity index (χ1) is 29.7. The Morgan fingerprint density at radius 2 is 0.783 bits per heavy atom. The van der Waals surface area contributed by atoms with Crippen LogP contribution in [0.2, 0.25) is 0 Å². The Labute approximate surface area is 349 Å². The van der Waals surface area contributed by atoms with E-state index in [-0.39, 0.29) is 0 Å². The van der Waals surface area contributed by atoms with Crippen molar-refractivity contribution in [1.29, 1.82) is 0 Å². The number of anilines is 3. The second kappa shape index (κ2) is 15.1. The highest BCUT2D eigenvalue weighted by molar-refractivity contribution is 6.10. The van der Waals surface area contributed by atoms with Crippen molar-refractivity contribution in [3.8, 4) is 55.6 Å². The maximum Gasteiger partial charge on any atom is 0.159 e. The minimum absolute atomic E-state index is 0.856. The third kappa shape index (κ3) is 6.51. The summed E-state index contributed by atoms with van der Waals surface area (Å²) in [7, 11) is 0. The molecule has 2 nitrogen and oxygen atoms in total. The SMILES string of the molecule is c1ccc(-c2cc(-c3ccccc3)cc(-c3ccc(N(c4cccc(-c5cccc(-c6cccc7ccccc67)c5)c4)c4cccc5c4oc4ccccc45)cc3)c2)cc1. The van der Waals surface area contributed by atoms with E-state index in [0.29, 0.717) is 0 Å². The van der Waals surface area contributed by atoms with Gasteiger partial charge in [-0.1, -0.05) is 176 Å². The largest absolute Gasteiger partial charge is 0.454 e. The summed E-state index contributed by atoms with van der Waals surface area (Å²) in [5, 5.41) is 4.69. The lowest BCUT2D eigenvalue weighted by Crippen LogP contribution is -2.10. The maximum atomic E-state index is 6.68. The van der Waals surface area contributed by atoms with Crippen LogP contribution in [-0.4, -0.2) is 0 Å². The molecule has 0 atom stereocenters. The molecule has 0 spiro atoms. The van der Waals surface area contributed by atoms with Gasteiger partial charge in [-0.2, -0.15) is 0 Å². The highest BCUT2D eigenvalue weighted by Crippen LogP contribution is 2.44. The van der Waals surface area contributed by atoms with Gasteiger partial charge in [-0.25, -0.2) is 0 Å². The van der Waals surface area contributed by atoms with Gasteiger partial charge in [-0.15, -0.1) is 0 Å². The van der Waals surface area contributed by atoms with Gasteiger partial charge in [-0.3, -0.25) is 0 Å². The van der Waals surface area contributed by atoms with Crippen molar-refractivity contribution >= 4 is 49.8 Å². The van der Waals surface area contributed by atoms with Gasteiger partial charge in [0.25, 0.3) is 0 Å². The van der Waals surface area contributed by atoms with Crippen LogP contribution in [0.15, 0.2) is 241 Å². The summed E-state index contributed by atoms with van der Waals surface area (Å²) in [6, 6.07) is 84.8. The average molecular weight is 766 g/mol. The summed E-state index contributed by atoms with van der Waals surface area (Å²) >= 11 is 0. The monoisotopic (exact) mass is 765 g/mol. The Bertz CT molecular complexity index is 3250. The van der Waals surface area contributed by atoms with Gasteiger partial charge in [0, 0.05) is 22.1 Å². The van der Waals surface area contributed by atoms with Crippen LogP contribution in [-0.2, 0) is 0 Å². The zero-order valence-electron chi connectivity index (χ0n) is 32.9. The van der Waals surface area contributed by atoms with Gasteiger partial charge < -0.3 is 9.32 Å². The summed E-state index contributed by atoms with van der Waals surface area (Å²) in [6.07, 6.45) is 0. The molecule has 0 fully saturated rings. The van der Waals surface area contributed by atoms with Crippen molar-refractivity contribution in [3.63, 3.8) is 0 Å². The summed E-state index contributed by atoms with van der Waals surface area (Å²) in [5.41, 5.74) is 16.6. The Balaban J connectivity index is 1.04. The van der Waals surface area contributed by atoms with E-state index in [1.54, 1.807) is 0 Å². The van der Waals surface area contributed by atoms with E-state index >= 15 is 0 Å². The molecule has 11 rings (SSSR count). The number of hydrogen-bond donors (Lipinski definition) is 0. The van der Waals surface area contributed by atoms with Crippen LogP contribution in [0.25, 0.3) is 88.3 Å². The summed E-state index contributed by atoms with van der Waals surface area (Å²) < 4.78 is 6.68. The molecule has 0 radical (unpaired) electrons. The third-order valence-electron chi connectivity index (χ3n) is 11.6. The molecule has 282 valence electrons. The van der Waals surface area contributed by atoms with Crippen LogP contribution < -0.4 is 4.90 Å². The van der Waals surface area contributed by atoms with E-state index in [4.69, 9.17) is 4.42 Å². The van der Waals surface area contributed by atoms with E-state index in [9.17, 15) is 0 Å². The second-order valence-corrected chi connectivity index (χ2v) is 15.3. The zero-order chi connectivity index (χ0) is 39.8. The fourth-order valence-corrected chi connectivity index (χ4v) is 8.70. The minimum atomic E-state index is 0.856. The molecule has 2 heteroatoms. The molecule has 1 aromatic heterocycles. The molecule has 0 aliphatic heterocycles. The van der Waals surface area contributed by atoms with Crippen molar-refractivity contribution in [3.05, 3.63) is 237 Å². The Morgan fingerprint density at radius 3 is 1.52 bits per heavy atom. The average Bonchev–Trinajstić information content (AvgIpc) is 3.72. The molecule has 0 saturated carbocycles. The first kappa shape index (κ1) is 35.2. The van der Waals surface area contributed by atoms with E-state index in [2.05, 4.69) is 235 Å². The van der Waals surface area contributed by atoms with Crippen molar-refractivity contribution in [2.75, 3.05) is 4.90 Å². The molecular formula is C58H39NO. The first-order valence-electron chi connectivity index (χ1n) is 20.5. The molecule has 60 heavy (non-hydrogen) atoms. The van der Waals surface area contributed by atoms with Crippen LogP contribution in [0.1, 0.15) is 0 Å². The number of hydrogen-bond acceptors (Lipinski definition) is 2. The van der Waals surface area contributed by atoms with E-state index in [1.165, 1.54) is 49.7 Å². The molecule has 0 aliphatic rings.